The van der Waals surface area contributed by atoms with Crippen LogP contribution in [-0.2, 0) is 0 Å². The van der Waals surface area contributed by atoms with Gasteiger partial charge in [0.1, 0.15) is 6.33 Å². The highest BCUT2D eigenvalue weighted by Gasteiger charge is 2.21. The van der Waals surface area contributed by atoms with Crippen LogP contribution < -0.4 is 5.32 Å². The lowest BCUT2D eigenvalue weighted by Crippen LogP contribution is -2.46. The number of hydrogen-bond acceptors (Lipinski definition) is 4. The molecule has 0 radical (unpaired) electrons. The van der Waals surface area contributed by atoms with Crippen molar-refractivity contribution in [3.05, 3.63) is 47.5 Å². The van der Waals surface area contributed by atoms with Crippen LogP contribution in [0.5, 0.6) is 0 Å². The molecule has 0 saturated carbocycles. The molecule has 2 N–H and O–H groups in total. The van der Waals surface area contributed by atoms with Crippen LogP contribution in [0.2, 0.25) is 0 Å². The Morgan fingerprint density at radius 2 is 2.00 bits per heavy atom. The molecular weight excluding hydrogens is 302 g/mol. The molecule has 1 amide bonds. The van der Waals surface area contributed by atoms with Crippen molar-refractivity contribution in [2.45, 2.75) is 46.1 Å². The van der Waals surface area contributed by atoms with E-state index in [9.17, 15) is 9.90 Å². The fourth-order valence-electron chi connectivity index (χ4n) is 2.51. The van der Waals surface area contributed by atoms with E-state index in [4.69, 9.17) is 0 Å². The van der Waals surface area contributed by atoms with Gasteiger partial charge in [-0.3, -0.25) is 4.79 Å². The molecule has 0 unspecified atom stereocenters. The first-order chi connectivity index (χ1) is 11.2. The lowest BCUT2D eigenvalue weighted by atomic mass is 9.95. The van der Waals surface area contributed by atoms with Gasteiger partial charge < -0.3 is 10.4 Å². The molecule has 5 heteroatoms. The van der Waals surface area contributed by atoms with Crippen LogP contribution in [0, 0.1) is 6.92 Å². The monoisotopic (exact) mass is 327 g/mol. The van der Waals surface area contributed by atoms with E-state index in [0.29, 0.717) is 5.56 Å². The van der Waals surface area contributed by atoms with E-state index in [1.165, 1.54) is 0 Å². The topological polar surface area (TPSA) is 75.1 Å². The molecule has 5 nitrogen and oxygen atoms in total. The summed E-state index contributed by atoms with van der Waals surface area (Å²) < 4.78 is 0. The van der Waals surface area contributed by atoms with E-state index in [1.807, 2.05) is 25.1 Å². The zero-order valence-electron chi connectivity index (χ0n) is 14.9. The largest absolute Gasteiger partial charge is 0.394 e. The number of aliphatic hydroxyl groups is 1. The molecule has 0 aliphatic rings. The Morgan fingerprint density at radius 1 is 1.29 bits per heavy atom. The second kappa shape index (κ2) is 7.09. The maximum Gasteiger partial charge on any atom is 0.251 e. The van der Waals surface area contributed by atoms with Gasteiger partial charge in [0.05, 0.1) is 17.8 Å². The first-order valence-electron chi connectivity index (χ1n) is 8.09. The summed E-state index contributed by atoms with van der Waals surface area (Å²) in [6.07, 6.45) is 3.34. The SMILES string of the molecule is Cc1cc(C(=O)NC(C)(C)CO)cc(-c2cncnc2C(C)C)c1. The quantitative estimate of drug-likeness (QED) is 0.885. The molecule has 0 atom stereocenters. The van der Waals surface area contributed by atoms with Gasteiger partial charge in [0.15, 0.2) is 0 Å². The summed E-state index contributed by atoms with van der Waals surface area (Å²) in [6, 6.07) is 5.71. The van der Waals surface area contributed by atoms with Gasteiger partial charge in [0, 0.05) is 17.3 Å². The molecular formula is C19H25N3O2. The number of rotatable bonds is 5. The summed E-state index contributed by atoms with van der Waals surface area (Å²) in [7, 11) is 0. The van der Waals surface area contributed by atoms with Crippen LogP contribution in [0.25, 0.3) is 11.1 Å². The van der Waals surface area contributed by atoms with Crippen molar-refractivity contribution in [2.75, 3.05) is 6.61 Å². The van der Waals surface area contributed by atoms with Crippen molar-refractivity contribution in [3.8, 4) is 11.1 Å². The summed E-state index contributed by atoms with van der Waals surface area (Å²) in [5.41, 5.74) is 3.69. The number of hydrogen-bond donors (Lipinski definition) is 2. The average molecular weight is 327 g/mol. The third-order valence-corrected chi connectivity index (χ3v) is 3.79. The Morgan fingerprint density at radius 3 is 2.62 bits per heavy atom. The minimum atomic E-state index is -0.667. The molecule has 0 bridgehead atoms. The predicted octanol–water partition coefficient (Wildman–Crippen LogP) is 3.08. The van der Waals surface area contributed by atoms with Crippen molar-refractivity contribution in [2.24, 2.45) is 0 Å². The number of aromatic nitrogens is 2. The number of aryl methyl sites for hydroxylation is 1. The Balaban J connectivity index is 2.45. The van der Waals surface area contributed by atoms with Crippen molar-refractivity contribution >= 4 is 5.91 Å². The van der Waals surface area contributed by atoms with E-state index in [1.54, 1.807) is 26.4 Å². The standard InChI is InChI=1S/C19H25N3O2/c1-12(2)17-16(9-20-11-21-17)14-6-13(3)7-15(8-14)18(24)22-19(4,5)10-23/h6-9,11-12,23H,10H2,1-5H3,(H,22,24). The highest BCUT2D eigenvalue weighted by Crippen LogP contribution is 2.28. The summed E-state index contributed by atoms with van der Waals surface area (Å²) in [6.45, 7) is 9.56. The molecule has 128 valence electrons. The van der Waals surface area contributed by atoms with Crippen LogP contribution in [0.3, 0.4) is 0 Å². The molecule has 1 aromatic heterocycles. The second-order valence-corrected chi connectivity index (χ2v) is 7.06. The Kier molecular flexibility index (Phi) is 5.34. The summed E-state index contributed by atoms with van der Waals surface area (Å²) in [4.78, 5) is 21.0. The smallest absolute Gasteiger partial charge is 0.251 e. The number of aliphatic hydroxyl groups excluding tert-OH is 1. The zero-order valence-corrected chi connectivity index (χ0v) is 14.9. The van der Waals surface area contributed by atoms with Crippen LogP contribution in [0.15, 0.2) is 30.7 Å². The fraction of sp³-hybridized carbons (Fsp3) is 0.421. The minimum Gasteiger partial charge on any atom is -0.394 e. The second-order valence-electron chi connectivity index (χ2n) is 7.06. The molecule has 2 aromatic rings. The number of carbonyl (C=O) groups excluding carboxylic acids is 1. The van der Waals surface area contributed by atoms with E-state index in [-0.39, 0.29) is 18.4 Å². The number of nitrogens with one attached hydrogen (secondary N) is 1. The lowest BCUT2D eigenvalue weighted by Gasteiger charge is -2.23. The Labute approximate surface area is 143 Å². The van der Waals surface area contributed by atoms with Crippen LogP contribution in [0.1, 0.15) is 55.2 Å². The number of carbonyl (C=O) groups is 1. The third kappa shape index (κ3) is 4.17. The van der Waals surface area contributed by atoms with E-state index >= 15 is 0 Å². The highest BCUT2D eigenvalue weighted by molar-refractivity contribution is 5.96. The van der Waals surface area contributed by atoms with E-state index < -0.39 is 5.54 Å². The first kappa shape index (κ1) is 18.1. The Hall–Kier alpha value is -2.27. The first-order valence-corrected chi connectivity index (χ1v) is 8.09. The molecule has 24 heavy (non-hydrogen) atoms. The maximum atomic E-state index is 12.5. The van der Waals surface area contributed by atoms with Gasteiger partial charge in [0.25, 0.3) is 5.91 Å². The minimum absolute atomic E-state index is 0.124. The van der Waals surface area contributed by atoms with Crippen molar-refractivity contribution < 1.29 is 9.90 Å². The maximum absolute atomic E-state index is 12.5. The molecule has 1 aromatic carbocycles. The zero-order chi connectivity index (χ0) is 17.9. The van der Waals surface area contributed by atoms with Crippen molar-refractivity contribution in [1.82, 2.24) is 15.3 Å². The Bertz CT molecular complexity index is 739. The fourth-order valence-corrected chi connectivity index (χ4v) is 2.51. The van der Waals surface area contributed by atoms with Gasteiger partial charge in [0.2, 0.25) is 0 Å². The number of benzene rings is 1. The van der Waals surface area contributed by atoms with Crippen LogP contribution in [-0.4, -0.2) is 33.1 Å². The summed E-state index contributed by atoms with van der Waals surface area (Å²) >= 11 is 0. The van der Waals surface area contributed by atoms with E-state index in [0.717, 1.165) is 22.4 Å². The van der Waals surface area contributed by atoms with Crippen LogP contribution >= 0.6 is 0 Å². The molecule has 0 aliphatic carbocycles. The predicted molar refractivity (Wildman–Crippen MR) is 94.9 cm³/mol. The number of nitrogens with zero attached hydrogens (tertiary/aromatic N) is 2. The van der Waals surface area contributed by atoms with Gasteiger partial charge in [-0.1, -0.05) is 19.9 Å². The summed E-state index contributed by atoms with van der Waals surface area (Å²) in [5, 5.41) is 12.2. The third-order valence-electron chi connectivity index (χ3n) is 3.79. The van der Waals surface area contributed by atoms with Gasteiger partial charge in [-0.25, -0.2) is 9.97 Å². The van der Waals surface area contributed by atoms with Gasteiger partial charge in [-0.15, -0.1) is 0 Å². The molecule has 1 heterocycles. The van der Waals surface area contributed by atoms with Gasteiger partial charge in [-0.2, -0.15) is 0 Å². The average Bonchev–Trinajstić information content (AvgIpc) is 2.53. The van der Waals surface area contributed by atoms with Crippen molar-refractivity contribution in [3.63, 3.8) is 0 Å². The van der Waals surface area contributed by atoms with Gasteiger partial charge in [-0.05, 0) is 49.9 Å². The molecule has 2 rings (SSSR count). The molecule has 0 spiro atoms. The van der Waals surface area contributed by atoms with Crippen LogP contribution in [0.4, 0.5) is 0 Å². The molecule has 0 aliphatic heterocycles. The van der Waals surface area contributed by atoms with Gasteiger partial charge >= 0.3 is 0 Å². The normalized spacial score (nSPS) is 11.6. The number of amides is 1. The lowest BCUT2D eigenvalue weighted by molar-refractivity contribution is 0.0869. The molecule has 0 fully saturated rings. The summed E-state index contributed by atoms with van der Waals surface area (Å²) in [5.74, 6) is 0.0519. The molecule has 0 saturated heterocycles. The highest BCUT2D eigenvalue weighted by atomic mass is 16.3. The van der Waals surface area contributed by atoms with E-state index in [2.05, 4.69) is 29.1 Å². The van der Waals surface area contributed by atoms with Crippen molar-refractivity contribution in [1.29, 1.82) is 0 Å².